The highest BCUT2D eigenvalue weighted by Gasteiger charge is 2.58. The van der Waals surface area contributed by atoms with E-state index >= 15 is 0 Å². The van der Waals surface area contributed by atoms with Crippen molar-refractivity contribution in [3.8, 4) is 33.4 Å². The second kappa shape index (κ2) is 11.8. The van der Waals surface area contributed by atoms with Gasteiger partial charge in [-0.05, 0) is 172 Å². The lowest BCUT2D eigenvalue weighted by molar-refractivity contribution is 0.0426. The smallest absolute Gasteiger partial charge is 0.0467 e. The lowest BCUT2D eigenvalue weighted by Gasteiger charge is -2.54. The predicted octanol–water partition coefficient (Wildman–Crippen LogP) is 14.3. The Morgan fingerprint density at radius 1 is 0.455 bits per heavy atom. The van der Waals surface area contributed by atoms with Crippen molar-refractivity contribution in [3.05, 3.63) is 162 Å². The molecule has 1 heteroatoms. The zero-order valence-electron chi connectivity index (χ0n) is 32.3. The van der Waals surface area contributed by atoms with Gasteiger partial charge >= 0.3 is 0 Å². The standard InChI is InChI=1S/C54H51N/c1-34-25-37-27-35(2)54(41(26-34)29-37)50-18-9-7-16-46(50)48-24-22-44(32-52(48)54)55(42-14-10-13-39(30-42)38-11-4-3-5-12-38)43-21-23-47-45-15-6-8-17-49(45)53(51(47)31-43)33-36-19-20-40(53)28-36/h3-18,21-24,30-32,34-37,40-41H,19-20,25-29,33H2,1-2H3/t34-,35?,36+,37?,40-,41+,53+,54-/m1/s1. The van der Waals surface area contributed by atoms with E-state index < -0.39 is 0 Å². The van der Waals surface area contributed by atoms with E-state index in [4.69, 9.17) is 0 Å². The van der Waals surface area contributed by atoms with E-state index in [2.05, 4.69) is 158 Å². The van der Waals surface area contributed by atoms with Crippen LogP contribution in [0.4, 0.5) is 17.1 Å². The van der Waals surface area contributed by atoms with E-state index in [1.807, 2.05) is 0 Å². The summed E-state index contributed by atoms with van der Waals surface area (Å²) in [6.07, 6.45) is 10.9. The molecule has 0 radical (unpaired) electrons. The molecule has 6 aromatic carbocycles. The molecule has 0 heterocycles. The van der Waals surface area contributed by atoms with Gasteiger partial charge in [0.05, 0.1) is 0 Å². The van der Waals surface area contributed by atoms with Gasteiger partial charge in [-0.3, -0.25) is 0 Å². The third-order valence-corrected chi connectivity index (χ3v) is 16.0. The van der Waals surface area contributed by atoms with Gasteiger partial charge in [0.1, 0.15) is 0 Å². The highest BCUT2D eigenvalue weighted by atomic mass is 15.1. The van der Waals surface area contributed by atoms with E-state index in [0.29, 0.717) is 11.8 Å². The second-order valence-corrected chi connectivity index (χ2v) is 18.7. The van der Waals surface area contributed by atoms with Crippen LogP contribution < -0.4 is 4.90 Å². The molecule has 12 rings (SSSR count). The Hall–Kier alpha value is -4.88. The van der Waals surface area contributed by atoms with Gasteiger partial charge in [0, 0.05) is 27.9 Å². The summed E-state index contributed by atoms with van der Waals surface area (Å²) in [7, 11) is 0. The molecule has 0 N–H and O–H groups in total. The lowest BCUT2D eigenvalue weighted by atomic mass is 9.49. The average Bonchev–Trinajstić information content (AvgIpc) is 3.97. The largest absolute Gasteiger partial charge is 0.310 e. The van der Waals surface area contributed by atoms with Gasteiger partial charge in [-0.25, -0.2) is 0 Å². The maximum atomic E-state index is 2.66. The summed E-state index contributed by atoms with van der Waals surface area (Å²) in [6, 6.07) is 54.3. The van der Waals surface area contributed by atoms with Gasteiger partial charge < -0.3 is 4.90 Å². The monoisotopic (exact) mass is 713 g/mol. The number of nitrogens with zero attached hydrogens (tertiary/aromatic N) is 1. The molecule has 2 unspecified atom stereocenters. The molecule has 1 nitrogen and oxygen atoms in total. The van der Waals surface area contributed by atoms with Gasteiger partial charge in [-0.15, -0.1) is 0 Å². The van der Waals surface area contributed by atoms with Crippen LogP contribution in [0.15, 0.2) is 140 Å². The Morgan fingerprint density at radius 3 is 1.85 bits per heavy atom. The fourth-order valence-corrected chi connectivity index (χ4v) is 14.3. The topological polar surface area (TPSA) is 3.24 Å². The fraction of sp³-hybridized carbons (Fsp3) is 0.333. The van der Waals surface area contributed by atoms with Crippen molar-refractivity contribution in [2.24, 2.45) is 35.5 Å². The number of rotatable bonds is 4. The molecule has 6 aliphatic rings. The molecule has 4 bridgehead atoms. The van der Waals surface area contributed by atoms with E-state index in [1.54, 1.807) is 22.3 Å². The Balaban J connectivity index is 1.08. The first-order valence-corrected chi connectivity index (χ1v) is 21.5. The molecule has 8 atom stereocenters. The van der Waals surface area contributed by atoms with Crippen molar-refractivity contribution in [1.29, 1.82) is 0 Å². The first kappa shape index (κ1) is 32.4. The van der Waals surface area contributed by atoms with Gasteiger partial charge in [0.25, 0.3) is 0 Å². The van der Waals surface area contributed by atoms with Gasteiger partial charge in [-0.2, -0.15) is 0 Å². The van der Waals surface area contributed by atoms with Gasteiger partial charge in [-0.1, -0.05) is 123 Å². The minimum atomic E-state index is 0.0530. The van der Waals surface area contributed by atoms with E-state index in [9.17, 15) is 0 Å². The van der Waals surface area contributed by atoms with Crippen molar-refractivity contribution >= 4 is 17.1 Å². The molecule has 0 aliphatic heterocycles. The van der Waals surface area contributed by atoms with E-state index in [0.717, 1.165) is 23.7 Å². The first-order chi connectivity index (χ1) is 27.0. The molecular weight excluding hydrogens is 663 g/mol. The van der Waals surface area contributed by atoms with E-state index in [1.165, 1.54) is 102 Å². The minimum Gasteiger partial charge on any atom is -0.310 e. The zero-order valence-corrected chi connectivity index (χ0v) is 32.3. The normalized spacial score (nSPS) is 30.3. The van der Waals surface area contributed by atoms with Crippen molar-refractivity contribution in [2.45, 2.75) is 76.0 Å². The maximum absolute atomic E-state index is 2.66. The summed E-state index contributed by atoms with van der Waals surface area (Å²) < 4.78 is 0. The number of fused-ring (bicyclic) bond motifs is 16. The molecule has 0 aromatic heterocycles. The lowest BCUT2D eigenvalue weighted by Crippen LogP contribution is -2.49. The van der Waals surface area contributed by atoms with E-state index in [-0.39, 0.29) is 10.8 Å². The van der Waals surface area contributed by atoms with Gasteiger partial charge in [0.15, 0.2) is 0 Å². The molecular formula is C54H51N. The Morgan fingerprint density at radius 2 is 1.09 bits per heavy atom. The summed E-state index contributed by atoms with van der Waals surface area (Å²) >= 11 is 0. The number of hydrogen-bond acceptors (Lipinski definition) is 1. The van der Waals surface area contributed by atoms with Crippen LogP contribution in [0.5, 0.6) is 0 Å². The van der Waals surface area contributed by atoms with Crippen LogP contribution in [0.2, 0.25) is 0 Å². The van der Waals surface area contributed by atoms with Crippen molar-refractivity contribution < 1.29 is 0 Å². The predicted molar refractivity (Wildman–Crippen MR) is 228 cm³/mol. The Labute approximate surface area is 327 Å². The highest BCUT2D eigenvalue weighted by Crippen LogP contribution is 2.67. The first-order valence-electron chi connectivity index (χ1n) is 21.5. The molecule has 55 heavy (non-hydrogen) atoms. The van der Waals surface area contributed by atoms with Crippen LogP contribution in [-0.4, -0.2) is 0 Å². The van der Waals surface area contributed by atoms with Crippen LogP contribution in [0.1, 0.15) is 87.5 Å². The molecule has 272 valence electrons. The molecule has 4 saturated carbocycles. The SMILES string of the molecule is CC1CC2C[C@@H](C)C[C@@H](C2)[C@@]12c1ccccc1-c1ccc(N(c3cccc(-c4ccccc4)c3)c3ccc4c(c3)[C@]3(C[C@H]5CC[C@@H]3C5)c3ccccc3-4)cc12. The van der Waals surface area contributed by atoms with Gasteiger partial charge in [0.2, 0.25) is 0 Å². The highest BCUT2D eigenvalue weighted by molar-refractivity contribution is 5.89. The van der Waals surface area contributed by atoms with Crippen molar-refractivity contribution in [2.75, 3.05) is 4.90 Å². The fourth-order valence-electron chi connectivity index (χ4n) is 14.3. The summed E-state index contributed by atoms with van der Waals surface area (Å²) in [5.41, 5.74) is 18.7. The molecule has 4 fully saturated rings. The van der Waals surface area contributed by atoms with Crippen LogP contribution in [0, 0.1) is 35.5 Å². The summed E-state index contributed by atoms with van der Waals surface area (Å²) in [4.78, 5) is 2.62. The third-order valence-electron chi connectivity index (χ3n) is 16.0. The number of benzene rings is 6. The quantitative estimate of drug-likeness (QED) is 0.176. The molecule has 2 spiro atoms. The maximum Gasteiger partial charge on any atom is 0.0467 e. The molecule has 6 aromatic rings. The van der Waals surface area contributed by atoms with Crippen LogP contribution in [-0.2, 0) is 10.8 Å². The van der Waals surface area contributed by atoms with Crippen molar-refractivity contribution in [1.82, 2.24) is 0 Å². The molecule has 0 amide bonds. The summed E-state index contributed by atoms with van der Waals surface area (Å²) in [5.74, 6) is 4.51. The summed E-state index contributed by atoms with van der Waals surface area (Å²) in [5, 5.41) is 0. The second-order valence-electron chi connectivity index (χ2n) is 18.7. The average molecular weight is 714 g/mol. The van der Waals surface area contributed by atoms with Crippen LogP contribution in [0.3, 0.4) is 0 Å². The third kappa shape index (κ3) is 4.42. The van der Waals surface area contributed by atoms with Crippen LogP contribution in [0.25, 0.3) is 33.4 Å². The zero-order chi connectivity index (χ0) is 36.5. The summed E-state index contributed by atoms with van der Waals surface area (Å²) in [6.45, 7) is 5.12. The molecule has 0 saturated heterocycles. The minimum absolute atomic E-state index is 0.0530. The van der Waals surface area contributed by atoms with Crippen LogP contribution >= 0.6 is 0 Å². The molecule has 6 aliphatic carbocycles. The Bertz CT molecular complexity index is 2490. The Kier molecular flexibility index (Phi) is 6.95. The van der Waals surface area contributed by atoms with Crippen molar-refractivity contribution in [3.63, 3.8) is 0 Å². The number of hydrogen-bond donors (Lipinski definition) is 0. The number of anilines is 3.